The molecule has 0 saturated carbocycles. The molecule has 0 spiro atoms. The third-order valence-electron chi connectivity index (χ3n) is 1.90. The summed E-state index contributed by atoms with van der Waals surface area (Å²) in [5.41, 5.74) is 0.789. The van der Waals surface area contributed by atoms with Crippen molar-refractivity contribution in [2.45, 2.75) is 18.7 Å². The van der Waals surface area contributed by atoms with Gasteiger partial charge in [0.05, 0.1) is 6.42 Å². The van der Waals surface area contributed by atoms with Gasteiger partial charge in [-0.25, -0.2) is 0 Å². The molecule has 0 aromatic heterocycles. The summed E-state index contributed by atoms with van der Waals surface area (Å²) in [6, 6.07) is 6.85. The van der Waals surface area contributed by atoms with Crippen LogP contribution in [0.1, 0.15) is 12.5 Å². The second-order valence-electron chi connectivity index (χ2n) is 3.33. The Morgan fingerprint density at radius 3 is 2.38 bits per heavy atom. The molecule has 0 radical (unpaired) electrons. The summed E-state index contributed by atoms with van der Waals surface area (Å²) < 4.78 is 0. The highest BCUT2D eigenvalue weighted by molar-refractivity contribution is 6.31. The van der Waals surface area contributed by atoms with Gasteiger partial charge in [-0.05, 0) is 24.6 Å². The second-order valence-corrected chi connectivity index (χ2v) is 4.42. The Hall–Kier alpha value is -1.06. The van der Waals surface area contributed by atoms with Crippen molar-refractivity contribution in [2.75, 3.05) is 0 Å². The molecule has 2 amide bonds. The fraction of sp³-hybridized carbons (Fsp3) is 0.273. The van der Waals surface area contributed by atoms with Crippen LogP contribution in [0.15, 0.2) is 24.3 Å². The first kappa shape index (κ1) is 13.0. The van der Waals surface area contributed by atoms with Gasteiger partial charge in [0.2, 0.25) is 11.8 Å². The van der Waals surface area contributed by atoms with Crippen molar-refractivity contribution in [3.05, 3.63) is 34.9 Å². The number of alkyl halides is 1. The molecule has 0 fully saturated rings. The van der Waals surface area contributed by atoms with Crippen molar-refractivity contribution < 1.29 is 9.59 Å². The lowest BCUT2D eigenvalue weighted by Crippen LogP contribution is -2.36. The van der Waals surface area contributed by atoms with Crippen molar-refractivity contribution in [3.8, 4) is 0 Å². The monoisotopic (exact) mass is 259 g/mol. The normalized spacial score (nSPS) is 11.9. The van der Waals surface area contributed by atoms with E-state index in [-0.39, 0.29) is 12.3 Å². The fourth-order valence-corrected chi connectivity index (χ4v) is 1.25. The minimum atomic E-state index is -0.714. The van der Waals surface area contributed by atoms with E-state index in [2.05, 4.69) is 5.32 Å². The van der Waals surface area contributed by atoms with E-state index in [1.54, 1.807) is 24.3 Å². The van der Waals surface area contributed by atoms with E-state index in [0.29, 0.717) is 5.02 Å². The molecule has 1 aromatic rings. The number of benzene rings is 1. The molecule has 0 aliphatic heterocycles. The van der Waals surface area contributed by atoms with Crippen LogP contribution in [-0.2, 0) is 16.0 Å². The predicted octanol–water partition coefficient (Wildman–Crippen LogP) is 2.15. The van der Waals surface area contributed by atoms with Gasteiger partial charge in [0.1, 0.15) is 5.38 Å². The Balaban J connectivity index is 2.52. The van der Waals surface area contributed by atoms with Gasteiger partial charge in [-0.2, -0.15) is 0 Å². The minimum Gasteiger partial charge on any atom is -0.295 e. The van der Waals surface area contributed by atoms with Crippen molar-refractivity contribution in [1.82, 2.24) is 5.32 Å². The molecule has 0 aliphatic rings. The molecule has 0 saturated heterocycles. The maximum atomic E-state index is 11.4. The molecule has 1 N–H and O–H groups in total. The lowest BCUT2D eigenvalue weighted by Gasteiger charge is -2.05. The summed E-state index contributed by atoms with van der Waals surface area (Å²) in [5.74, 6) is -0.861. The van der Waals surface area contributed by atoms with E-state index in [0.717, 1.165) is 5.56 Å². The summed E-state index contributed by atoms with van der Waals surface area (Å²) in [6.07, 6.45) is 0.131. The van der Waals surface area contributed by atoms with Crippen molar-refractivity contribution >= 4 is 35.0 Å². The van der Waals surface area contributed by atoms with Gasteiger partial charge in [0, 0.05) is 5.02 Å². The maximum Gasteiger partial charge on any atom is 0.244 e. The number of rotatable bonds is 3. The fourth-order valence-electron chi connectivity index (χ4n) is 1.07. The average molecular weight is 260 g/mol. The first-order valence-electron chi connectivity index (χ1n) is 4.71. The zero-order valence-corrected chi connectivity index (χ0v) is 10.2. The van der Waals surface area contributed by atoms with Crippen LogP contribution in [0.2, 0.25) is 5.02 Å². The first-order valence-corrected chi connectivity index (χ1v) is 5.52. The molecule has 1 aromatic carbocycles. The topological polar surface area (TPSA) is 46.2 Å². The third-order valence-corrected chi connectivity index (χ3v) is 2.35. The summed E-state index contributed by atoms with van der Waals surface area (Å²) in [5, 5.41) is 2.09. The van der Waals surface area contributed by atoms with E-state index in [1.165, 1.54) is 6.92 Å². The van der Waals surface area contributed by atoms with E-state index in [9.17, 15) is 9.59 Å². The van der Waals surface area contributed by atoms with E-state index >= 15 is 0 Å². The highest BCUT2D eigenvalue weighted by Gasteiger charge is 2.12. The molecule has 0 heterocycles. The van der Waals surface area contributed by atoms with Crippen LogP contribution in [0, 0.1) is 0 Å². The molecule has 16 heavy (non-hydrogen) atoms. The number of carbonyl (C=O) groups is 2. The molecule has 1 atom stereocenters. The molecule has 0 aliphatic carbocycles. The molecule has 5 heteroatoms. The molecule has 1 unspecified atom stereocenters. The van der Waals surface area contributed by atoms with E-state index in [4.69, 9.17) is 23.2 Å². The first-order chi connectivity index (χ1) is 7.49. The van der Waals surface area contributed by atoms with Crippen LogP contribution >= 0.6 is 23.2 Å². The van der Waals surface area contributed by atoms with Crippen LogP contribution in [0.3, 0.4) is 0 Å². The summed E-state index contributed by atoms with van der Waals surface area (Å²) in [4.78, 5) is 22.5. The van der Waals surface area contributed by atoms with Gasteiger partial charge in [0.25, 0.3) is 0 Å². The predicted molar refractivity (Wildman–Crippen MR) is 63.6 cm³/mol. The van der Waals surface area contributed by atoms with Gasteiger partial charge in [0.15, 0.2) is 0 Å². The number of hydrogen-bond acceptors (Lipinski definition) is 2. The SMILES string of the molecule is CC(Cl)C(=O)NC(=O)Cc1ccc(Cl)cc1. The second kappa shape index (κ2) is 5.87. The number of halogens is 2. The number of nitrogens with one attached hydrogen (secondary N) is 1. The van der Waals surface area contributed by atoms with Gasteiger partial charge in [-0.3, -0.25) is 14.9 Å². The van der Waals surface area contributed by atoms with Gasteiger partial charge in [-0.15, -0.1) is 11.6 Å². The van der Waals surface area contributed by atoms with Crippen LogP contribution in [0.25, 0.3) is 0 Å². The van der Waals surface area contributed by atoms with Gasteiger partial charge >= 0.3 is 0 Å². The third kappa shape index (κ3) is 4.21. The molecular formula is C11H11Cl2NO2. The van der Waals surface area contributed by atoms with Crippen LogP contribution < -0.4 is 5.32 Å². The molecule has 3 nitrogen and oxygen atoms in total. The van der Waals surface area contributed by atoms with Gasteiger partial charge < -0.3 is 0 Å². The summed E-state index contributed by atoms with van der Waals surface area (Å²) in [6.45, 7) is 1.51. The summed E-state index contributed by atoms with van der Waals surface area (Å²) >= 11 is 11.2. The number of hydrogen-bond donors (Lipinski definition) is 1. The van der Waals surface area contributed by atoms with Crippen molar-refractivity contribution in [3.63, 3.8) is 0 Å². The number of imide groups is 1. The zero-order chi connectivity index (χ0) is 12.1. The Morgan fingerprint density at radius 1 is 1.31 bits per heavy atom. The van der Waals surface area contributed by atoms with Crippen LogP contribution in [-0.4, -0.2) is 17.2 Å². The van der Waals surface area contributed by atoms with Crippen LogP contribution in [0.4, 0.5) is 0 Å². The highest BCUT2D eigenvalue weighted by atomic mass is 35.5. The van der Waals surface area contributed by atoms with Crippen molar-refractivity contribution in [2.24, 2.45) is 0 Å². The standard InChI is InChI=1S/C11H11Cl2NO2/c1-7(12)11(16)14-10(15)6-8-2-4-9(13)5-3-8/h2-5,7H,6H2,1H3,(H,14,15,16). The van der Waals surface area contributed by atoms with Gasteiger partial charge in [-0.1, -0.05) is 23.7 Å². The molecular weight excluding hydrogens is 249 g/mol. The molecule has 0 bridgehead atoms. The van der Waals surface area contributed by atoms with Crippen molar-refractivity contribution in [1.29, 1.82) is 0 Å². The molecule has 1 rings (SSSR count). The van der Waals surface area contributed by atoms with Crippen LogP contribution in [0.5, 0.6) is 0 Å². The Bertz CT molecular complexity index is 387. The highest BCUT2D eigenvalue weighted by Crippen LogP contribution is 2.09. The zero-order valence-electron chi connectivity index (χ0n) is 8.67. The van der Waals surface area contributed by atoms with E-state index < -0.39 is 11.3 Å². The Kier molecular flexibility index (Phi) is 4.77. The van der Waals surface area contributed by atoms with E-state index in [1.807, 2.05) is 0 Å². The molecule has 86 valence electrons. The lowest BCUT2D eigenvalue weighted by molar-refractivity contribution is -0.129. The number of amides is 2. The largest absolute Gasteiger partial charge is 0.295 e. The Morgan fingerprint density at radius 2 is 1.88 bits per heavy atom. The lowest BCUT2D eigenvalue weighted by atomic mass is 10.1. The quantitative estimate of drug-likeness (QED) is 0.846. The smallest absolute Gasteiger partial charge is 0.244 e. The minimum absolute atomic E-state index is 0.131. The summed E-state index contributed by atoms with van der Waals surface area (Å²) in [7, 11) is 0. The maximum absolute atomic E-state index is 11.4. The Labute approximate surface area is 104 Å². The number of carbonyl (C=O) groups excluding carboxylic acids is 2. The average Bonchev–Trinajstić information content (AvgIpc) is 2.21.